The lowest BCUT2D eigenvalue weighted by atomic mass is 10.1. The number of rotatable bonds is 6. The molecule has 1 amide bonds. The van der Waals surface area contributed by atoms with Crippen molar-refractivity contribution in [1.82, 2.24) is 5.48 Å². The molecule has 1 heterocycles. The maximum Gasteiger partial charge on any atom is 0.245 e. The average molecular weight is 249 g/mol. The number of benzene rings is 1. The number of nitrogens with one attached hydrogen (secondary N) is 1. The van der Waals surface area contributed by atoms with Crippen LogP contribution in [0.4, 0.5) is 5.69 Å². The van der Waals surface area contributed by atoms with Crippen LogP contribution in [0.2, 0.25) is 0 Å². The predicted octanol–water partition coefficient (Wildman–Crippen LogP) is 0.793. The molecule has 18 heavy (non-hydrogen) atoms. The van der Waals surface area contributed by atoms with Crippen molar-refractivity contribution in [3.63, 3.8) is 0 Å². The van der Waals surface area contributed by atoms with Gasteiger partial charge >= 0.3 is 0 Å². The van der Waals surface area contributed by atoms with Gasteiger partial charge in [0.05, 0.1) is 0 Å². The van der Waals surface area contributed by atoms with Crippen LogP contribution in [0.5, 0.6) is 0 Å². The first kappa shape index (κ1) is 12.9. The largest absolute Gasteiger partial charge is 0.371 e. The van der Waals surface area contributed by atoms with Crippen LogP contribution >= 0.6 is 0 Å². The van der Waals surface area contributed by atoms with Gasteiger partial charge in [0.15, 0.2) is 0 Å². The maximum atomic E-state index is 10.5. The quantitative estimate of drug-likeness (QED) is 0.578. The summed E-state index contributed by atoms with van der Waals surface area (Å²) < 4.78 is 0. The fourth-order valence-corrected chi connectivity index (χ4v) is 2.18. The molecule has 0 saturated carbocycles. The van der Waals surface area contributed by atoms with E-state index in [1.807, 2.05) is 12.1 Å². The monoisotopic (exact) mass is 249 g/mol. The Labute approximate surface area is 107 Å². The van der Waals surface area contributed by atoms with E-state index in [4.69, 9.17) is 10.6 Å². The minimum Gasteiger partial charge on any atom is -0.371 e. The van der Waals surface area contributed by atoms with Gasteiger partial charge in [-0.3, -0.25) is 9.63 Å². The Balaban J connectivity index is 1.92. The summed E-state index contributed by atoms with van der Waals surface area (Å²) in [6.45, 7) is 2.68. The van der Waals surface area contributed by atoms with Crippen LogP contribution in [0.15, 0.2) is 24.3 Å². The van der Waals surface area contributed by atoms with Crippen LogP contribution in [0.1, 0.15) is 18.4 Å². The number of nitrogens with two attached hydrogens (primary N) is 1. The van der Waals surface area contributed by atoms with E-state index in [0.29, 0.717) is 6.54 Å². The van der Waals surface area contributed by atoms with Gasteiger partial charge in [0.2, 0.25) is 5.91 Å². The number of carbonyl (C=O) groups excluding carboxylic acids is 1. The molecule has 5 nitrogen and oxygen atoms in total. The molecule has 1 aromatic carbocycles. The Morgan fingerprint density at radius 1 is 1.33 bits per heavy atom. The number of hydrogen-bond donors (Lipinski definition) is 2. The van der Waals surface area contributed by atoms with Gasteiger partial charge in [-0.2, -0.15) is 5.48 Å². The van der Waals surface area contributed by atoms with Crippen LogP contribution in [0.3, 0.4) is 0 Å². The zero-order valence-corrected chi connectivity index (χ0v) is 10.4. The highest BCUT2D eigenvalue weighted by atomic mass is 16.6. The molecule has 2 rings (SSSR count). The number of carbonyl (C=O) groups is 1. The summed E-state index contributed by atoms with van der Waals surface area (Å²) in [5.74, 6) is -0.477. The molecular weight excluding hydrogens is 230 g/mol. The Morgan fingerprint density at radius 2 is 2.06 bits per heavy atom. The average Bonchev–Trinajstić information content (AvgIpc) is 2.88. The first-order chi connectivity index (χ1) is 8.77. The van der Waals surface area contributed by atoms with Crippen molar-refractivity contribution < 1.29 is 9.63 Å². The second kappa shape index (κ2) is 6.37. The predicted molar refractivity (Wildman–Crippen MR) is 69.9 cm³/mol. The van der Waals surface area contributed by atoms with E-state index in [0.717, 1.165) is 13.1 Å². The minimum atomic E-state index is -0.477. The van der Waals surface area contributed by atoms with Gasteiger partial charge in [-0.15, -0.1) is 0 Å². The van der Waals surface area contributed by atoms with E-state index in [9.17, 15) is 4.79 Å². The van der Waals surface area contributed by atoms with E-state index < -0.39 is 5.91 Å². The summed E-state index contributed by atoms with van der Waals surface area (Å²) in [5.41, 5.74) is 10.2. The summed E-state index contributed by atoms with van der Waals surface area (Å²) in [6.07, 6.45) is 2.50. The zero-order chi connectivity index (χ0) is 12.8. The third-order valence-corrected chi connectivity index (χ3v) is 3.02. The van der Waals surface area contributed by atoms with Crippen molar-refractivity contribution in [1.29, 1.82) is 0 Å². The van der Waals surface area contributed by atoms with Gasteiger partial charge in [0, 0.05) is 25.3 Å². The first-order valence-electron chi connectivity index (χ1n) is 6.23. The molecule has 3 N–H and O–H groups in total. The second-order valence-electron chi connectivity index (χ2n) is 4.40. The number of para-hydroxylation sites is 1. The molecule has 0 unspecified atom stereocenters. The van der Waals surface area contributed by atoms with E-state index in [1.54, 1.807) is 0 Å². The van der Waals surface area contributed by atoms with Crippen molar-refractivity contribution in [3.05, 3.63) is 29.8 Å². The van der Waals surface area contributed by atoms with Crippen LogP contribution in [-0.4, -0.2) is 25.6 Å². The second-order valence-corrected chi connectivity index (χ2v) is 4.40. The molecule has 1 aliphatic rings. The van der Waals surface area contributed by atoms with E-state index >= 15 is 0 Å². The normalized spacial score (nSPS) is 15.0. The zero-order valence-electron chi connectivity index (χ0n) is 10.4. The number of amides is 1. The standard InChI is InChI=1S/C13H19N3O2/c14-13(17)10-18-15-9-11-5-1-2-6-12(11)16-7-3-4-8-16/h1-2,5-6,15H,3-4,7-10H2,(H2,14,17). The summed E-state index contributed by atoms with van der Waals surface area (Å²) in [6, 6.07) is 8.23. The van der Waals surface area contributed by atoms with Gasteiger partial charge in [-0.05, 0) is 24.5 Å². The molecule has 0 aromatic heterocycles. The van der Waals surface area contributed by atoms with Gasteiger partial charge in [0.25, 0.3) is 0 Å². The Hall–Kier alpha value is -1.59. The fourth-order valence-electron chi connectivity index (χ4n) is 2.18. The lowest BCUT2D eigenvalue weighted by Gasteiger charge is -2.21. The fraction of sp³-hybridized carbons (Fsp3) is 0.462. The summed E-state index contributed by atoms with van der Waals surface area (Å²) in [4.78, 5) is 17.9. The van der Waals surface area contributed by atoms with Crippen LogP contribution in [0.25, 0.3) is 0 Å². The Kier molecular flexibility index (Phi) is 4.55. The lowest BCUT2D eigenvalue weighted by molar-refractivity contribution is -0.125. The lowest BCUT2D eigenvalue weighted by Crippen LogP contribution is -2.26. The van der Waals surface area contributed by atoms with Gasteiger partial charge in [-0.25, -0.2) is 0 Å². The number of primary amides is 1. The summed E-state index contributed by atoms with van der Waals surface area (Å²) in [7, 11) is 0. The highest BCUT2D eigenvalue weighted by Gasteiger charge is 2.14. The molecule has 0 radical (unpaired) electrons. The summed E-state index contributed by atoms with van der Waals surface area (Å²) >= 11 is 0. The number of hydroxylamine groups is 1. The topological polar surface area (TPSA) is 67.6 Å². The molecule has 98 valence electrons. The van der Waals surface area contributed by atoms with Crippen molar-refractivity contribution in [2.75, 3.05) is 24.6 Å². The molecule has 1 fully saturated rings. The van der Waals surface area contributed by atoms with Crippen molar-refractivity contribution in [3.8, 4) is 0 Å². The summed E-state index contributed by atoms with van der Waals surface area (Å²) in [5, 5.41) is 0. The molecule has 5 heteroatoms. The van der Waals surface area contributed by atoms with Crippen LogP contribution in [-0.2, 0) is 16.2 Å². The third-order valence-electron chi connectivity index (χ3n) is 3.02. The molecule has 1 aliphatic heterocycles. The third kappa shape index (κ3) is 3.45. The highest BCUT2D eigenvalue weighted by Crippen LogP contribution is 2.24. The maximum absolute atomic E-state index is 10.5. The number of nitrogens with zero attached hydrogens (tertiary/aromatic N) is 1. The minimum absolute atomic E-state index is 0.105. The molecule has 0 spiro atoms. The van der Waals surface area contributed by atoms with E-state index in [2.05, 4.69) is 22.5 Å². The van der Waals surface area contributed by atoms with E-state index in [-0.39, 0.29) is 6.61 Å². The SMILES string of the molecule is NC(=O)CONCc1ccccc1N1CCCC1. The Morgan fingerprint density at radius 3 is 2.78 bits per heavy atom. The molecule has 0 aliphatic carbocycles. The molecule has 0 atom stereocenters. The van der Waals surface area contributed by atoms with Gasteiger partial charge in [-0.1, -0.05) is 18.2 Å². The van der Waals surface area contributed by atoms with Gasteiger partial charge in [0.1, 0.15) is 6.61 Å². The van der Waals surface area contributed by atoms with Crippen molar-refractivity contribution in [2.24, 2.45) is 5.73 Å². The molecule has 1 saturated heterocycles. The van der Waals surface area contributed by atoms with Crippen molar-refractivity contribution >= 4 is 11.6 Å². The molecule has 0 bridgehead atoms. The number of anilines is 1. The van der Waals surface area contributed by atoms with E-state index in [1.165, 1.54) is 24.1 Å². The smallest absolute Gasteiger partial charge is 0.245 e. The van der Waals surface area contributed by atoms with Gasteiger partial charge < -0.3 is 10.6 Å². The molecule has 1 aromatic rings. The Bertz CT molecular complexity index is 403. The van der Waals surface area contributed by atoms with Crippen LogP contribution < -0.4 is 16.1 Å². The number of hydrogen-bond acceptors (Lipinski definition) is 4. The van der Waals surface area contributed by atoms with Crippen molar-refractivity contribution in [2.45, 2.75) is 19.4 Å². The highest BCUT2D eigenvalue weighted by molar-refractivity contribution is 5.74. The van der Waals surface area contributed by atoms with Crippen LogP contribution in [0, 0.1) is 0 Å². The first-order valence-corrected chi connectivity index (χ1v) is 6.23. The molecular formula is C13H19N3O2.